The summed E-state index contributed by atoms with van der Waals surface area (Å²) < 4.78 is 2.02. The molecule has 1 heterocycles. The Morgan fingerprint density at radius 1 is 1.41 bits per heavy atom. The Bertz CT molecular complexity index is 526. The molecule has 1 N–H and O–H groups in total. The molecule has 0 aliphatic carbocycles. The van der Waals surface area contributed by atoms with E-state index >= 15 is 0 Å². The lowest BCUT2D eigenvalue weighted by atomic mass is 10.1. The van der Waals surface area contributed by atoms with Crippen LogP contribution in [0.4, 0.5) is 11.6 Å². The van der Waals surface area contributed by atoms with E-state index in [2.05, 4.69) is 42.9 Å². The number of imidazole rings is 1. The van der Waals surface area contributed by atoms with Crippen LogP contribution in [0.15, 0.2) is 43.2 Å². The second kappa shape index (κ2) is 4.87. The molecule has 0 saturated heterocycles. The van der Waals surface area contributed by atoms with E-state index < -0.39 is 0 Å². The minimum atomic E-state index is 0.757. The number of allylic oxidation sites excluding steroid dienone is 1. The van der Waals surface area contributed by atoms with Crippen molar-refractivity contribution in [3.05, 3.63) is 54.4 Å². The van der Waals surface area contributed by atoms with E-state index in [1.54, 1.807) is 6.20 Å². The summed E-state index contributed by atoms with van der Waals surface area (Å²) in [5, 5.41) is 3.35. The van der Waals surface area contributed by atoms with E-state index in [9.17, 15) is 0 Å². The highest BCUT2D eigenvalue weighted by molar-refractivity contribution is 5.60. The second-order valence-electron chi connectivity index (χ2n) is 4.06. The van der Waals surface area contributed by atoms with Crippen LogP contribution in [-0.2, 0) is 6.54 Å². The van der Waals surface area contributed by atoms with Crippen molar-refractivity contribution in [2.45, 2.75) is 20.4 Å². The maximum Gasteiger partial charge on any atom is 0.207 e. The zero-order valence-electron chi connectivity index (χ0n) is 10.3. The van der Waals surface area contributed by atoms with Crippen molar-refractivity contribution < 1.29 is 0 Å². The van der Waals surface area contributed by atoms with Crippen LogP contribution in [0.1, 0.15) is 11.1 Å². The fraction of sp³-hybridized carbons (Fsp3) is 0.214. The zero-order chi connectivity index (χ0) is 12.3. The SMILES string of the molecule is C=CCn1ccnc1Nc1cccc(C)c1C. The average Bonchev–Trinajstić information content (AvgIpc) is 2.73. The summed E-state index contributed by atoms with van der Waals surface area (Å²) in [6, 6.07) is 6.22. The van der Waals surface area contributed by atoms with Crippen LogP contribution >= 0.6 is 0 Å². The lowest BCUT2D eigenvalue weighted by Gasteiger charge is -2.11. The quantitative estimate of drug-likeness (QED) is 0.811. The van der Waals surface area contributed by atoms with E-state index in [4.69, 9.17) is 0 Å². The summed E-state index contributed by atoms with van der Waals surface area (Å²) in [5.74, 6) is 0.846. The molecule has 0 fully saturated rings. The standard InChI is InChI=1S/C14H17N3/c1-4-9-17-10-8-15-14(17)16-13-7-5-6-11(2)12(13)3/h4-8,10H,1,9H2,2-3H3,(H,15,16). The highest BCUT2D eigenvalue weighted by Crippen LogP contribution is 2.21. The van der Waals surface area contributed by atoms with Crippen molar-refractivity contribution in [1.29, 1.82) is 0 Å². The molecule has 0 aliphatic heterocycles. The number of rotatable bonds is 4. The van der Waals surface area contributed by atoms with Gasteiger partial charge in [0.15, 0.2) is 0 Å². The monoisotopic (exact) mass is 227 g/mol. The zero-order valence-corrected chi connectivity index (χ0v) is 10.3. The highest BCUT2D eigenvalue weighted by Gasteiger charge is 2.04. The van der Waals surface area contributed by atoms with E-state index in [1.165, 1.54) is 11.1 Å². The first-order chi connectivity index (χ1) is 8.22. The minimum Gasteiger partial charge on any atom is -0.325 e. The molecular formula is C14H17N3. The van der Waals surface area contributed by atoms with Gasteiger partial charge in [0.2, 0.25) is 5.95 Å². The lowest BCUT2D eigenvalue weighted by Crippen LogP contribution is -2.03. The minimum absolute atomic E-state index is 0.757. The summed E-state index contributed by atoms with van der Waals surface area (Å²) >= 11 is 0. The third-order valence-corrected chi connectivity index (χ3v) is 2.89. The van der Waals surface area contributed by atoms with Crippen LogP contribution in [0.2, 0.25) is 0 Å². The number of nitrogens with zero attached hydrogens (tertiary/aromatic N) is 2. The molecule has 0 amide bonds. The first-order valence-electron chi connectivity index (χ1n) is 5.67. The van der Waals surface area contributed by atoms with Gasteiger partial charge in [-0.05, 0) is 31.0 Å². The van der Waals surface area contributed by atoms with Gasteiger partial charge in [-0.3, -0.25) is 0 Å². The molecule has 3 nitrogen and oxygen atoms in total. The normalized spacial score (nSPS) is 10.2. The lowest BCUT2D eigenvalue weighted by molar-refractivity contribution is 0.832. The van der Waals surface area contributed by atoms with E-state index in [0.29, 0.717) is 0 Å². The fourth-order valence-corrected chi connectivity index (χ4v) is 1.73. The molecule has 0 radical (unpaired) electrons. The predicted octanol–water partition coefficient (Wildman–Crippen LogP) is 3.43. The maximum absolute atomic E-state index is 4.30. The van der Waals surface area contributed by atoms with Gasteiger partial charge in [0.1, 0.15) is 0 Å². The molecule has 1 aromatic carbocycles. The van der Waals surface area contributed by atoms with Crippen LogP contribution in [-0.4, -0.2) is 9.55 Å². The molecule has 0 unspecified atom stereocenters. The summed E-state index contributed by atoms with van der Waals surface area (Å²) in [6.07, 6.45) is 5.59. The third kappa shape index (κ3) is 2.38. The molecule has 0 spiro atoms. The Hall–Kier alpha value is -2.03. The number of hydrogen-bond donors (Lipinski definition) is 1. The third-order valence-electron chi connectivity index (χ3n) is 2.89. The Kier molecular flexibility index (Phi) is 3.28. The first-order valence-corrected chi connectivity index (χ1v) is 5.67. The Labute approximate surface area is 102 Å². The molecule has 1 aromatic heterocycles. The van der Waals surface area contributed by atoms with Crippen molar-refractivity contribution in [3.63, 3.8) is 0 Å². The van der Waals surface area contributed by atoms with Crippen LogP contribution in [0.5, 0.6) is 0 Å². The van der Waals surface area contributed by atoms with Crippen LogP contribution in [0.25, 0.3) is 0 Å². The number of hydrogen-bond acceptors (Lipinski definition) is 2. The Morgan fingerprint density at radius 3 is 3.00 bits per heavy atom. The van der Waals surface area contributed by atoms with E-state index in [-0.39, 0.29) is 0 Å². The van der Waals surface area contributed by atoms with Crippen LogP contribution in [0, 0.1) is 13.8 Å². The Morgan fingerprint density at radius 2 is 2.24 bits per heavy atom. The van der Waals surface area contributed by atoms with Gasteiger partial charge in [0.25, 0.3) is 0 Å². The fourth-order valence-electron chi connectivity index (χ4n) is 1.73. The van der Waals surface area contributed by atoms with E-state index in [0.717, 1.165) is 18.2 Å². The van der Waals surface area contributed by atoms with Crippen LogP contribution < -0.4 is 5.32 Å². The van der Waals surface area contributed by atoms with Gasteiger partial charge in [0, 0.05) is 24.6 Å². The highest BCUT2D eigenvalue weighted by atomic mass is 15.2. The Balaban J connectivity index is 2.28. The predicted molar refractivity (Wildman–Crippen MR) is 71.6 cm³/mol. The number of aromatic nitrogens is 2. The van der Waals surface area contributed by atoms with Gasteiger partial charge < -0.3 is 9.88 Å². The smallest absolute Gasteiger partial charge is 0.207 e. The van der Waals surface area contributed by atoms with Crippen molar-refractivity contribution >= 4 is 11.6 Å². The molecule has 17 heavy (non-hydrogen) atoms. The largest absolute Gasteiger partial charge is 0.325 e. The van der Waals surface area contributed by atoms with Gasteiger partial charge in [-0.15, -0.1) is 6.58 Å². The summed E-state index contributed by atoms with van der Waals surface area (Å²) in [6.45, 7) is 8.71. The van der Waals surface area contributed by atoms with Gasteiger partial charge in [-0.1, -0.05) is 18.2 Å². The number of anilines is 2. The molecule has 0 saturated carbocycles. The first kappa shape index (κ1) is 11.5. The maximum atomic E-state index is 4.30. The van der Waals surface area contributed by atoms with Crippen molar-refractivity contribution in [1.82, 2.24) is 9.55 Å². The molecule has 2 aromatic rings. The summed E-state index contributed by atoms with van der Waals surface area (Å²) in [7, 11) is 0. The van der Waals surface area contributed by atoms with Crippen molar-refractivity contribution in [2.24, 2.45) is 0 Å². The van der Waals surface area contributed by atoms with Gasteiger partial charge in [-0.2, -0.15) is 0 Å². The summed E-state index contributed by atoms with van der Waals surface area (Å²) in [4.78, 5) is 4.30. The molecule has 0 aliphatic rings. The topological polar surface area (TPSA) is 29.9 Å². The molecule has 2 rings (SSSR count). The molecular weight excluding hydrogens is 210 g/mol. The molecule has 0 atom stereocenters. The van der Waals surface area contributed by atoms with Crippen molar-refractivity contribution in [2.75, 3.05) is 5.32 Å². The second-order valence-corrected chi connectivity index (χ2v) is 4.06. The number of benzene rings is 1. The van der Waals surface area contributed by atoms with Gasteiger partial charge in [-0.25, -0.2) is 4.98 Å². The molecule has 88 valence electrons. The van der Waals surface area contributed by atoms with Gasteiger partial charge in [0.05, 0.1) is 0 Å². The number of nitrogens with one attached hydrogen (secondary N) is 1. The summed E-state index contributed by atoms with van der Waals surface area (Å²) in [5.41, 5.74) is 3.62. The number of aryl methyl sites for hydroxylation is 1. The van der Waals surface area contributed by atoms with E-state index in [1.807, 2.05) is 22.9 Å². The van der Waals surface area contributed by atoms with Gasteiger partial charge >= 0.3 is 0 Å². The molecule has 0 bridgehead atoms. The molecule has 3 heteroatoms. The average molecular weight is 227 g/mol. The van der Waals surface area contributed by atoms with Crippen LogP contribution in [0.3, 0.4) is 0 Å². The van der Waals surface area contributed by atoms with Crippen molar-refractivity contribution in [3.8, 4) is 0 Å².